The second kappa shape index (κ2) is 7.82. The van der Waals surface area contributed by atoms with Crippen molar-refractivity contribution in [2.45, 2.75) is 18.8 Å². The van der Waals surface area contributed by atoms with Gasteiger partial charge in [-0.15, -0.1) is 9.90 Å². The van der Waals surface area contributed by atoms with E-state index in [0.29, 0.717) is 16.4 Å². The molecule has 4 aromatic heterocycles. The fraction of sp³-hybridized carbons (Fsp3) is 0.182. The van der Waals surface area contributed by atoms with Crippen LogP contribution in [-0.2, 0) is 7.05 Å². The highest BCUT2D eigenvalue weighted by Gasteiger charge is 2.34. The van der Waals surface area contributed by atoms with Crippen molar-refractivity contribution < 1.29 is 4.79 Å². The average Bonchev–Trinajstić information content (AvgIpc) is 3.24. The lowest BCUT2D eigenvalue weighted by molar-refractivity contribution is 0.102. The number of hydrogen-bond donors (Lipinski definition) is 1. The van der Waals surface area contributed by atoms with E-state index in [-0.39, 0.29) is 17.4 Å². The summed E-state index contributed by atoms with van der Waals surface area (Å²) in [4.78, 5) is 19.4. The maximum Gasteiger partial charge on any atom is 0.267 e. The highest BCUT2D eigenvalue weighted by Crippen LogP contribution is 2.48. The number of aryl methyl sites for hydroxylation is 1. The predicted octanol–water partition coefficient (Wildman–Crippen LogP) is 3.07. The Hall–Kier alpha value is -4.50. The molecule has 4 heterocycles. The molecule has 1 fully saturated rings. The fourth-order valence-electron chi connectivity index (χ4n) is 3.94. The molecule has 1 saturated carbocycles. The normalized spacial score (nSPS) is 13.2. The number of amides is 1. The van der Waals surface area contributed by atoms with Crippen LogP contribution in [-0.4, -0.2) is 45.3 Å². The average molecular weight is 469 g/mol. The minimum Gasteiger partial charge on any atom is -0.320 e. The van der Waals surface area contributed by atoms with Crippen molar-refractivity contribution in [3.63, 3.8) is 0 Å². The van der Waals surface area contributed by atoms with Gasteiger partial charge in [-0.3, -0.25) is 4.79 Å². The topological polar surface area (TPSA) is 140 Å². The molecule has 6 rings (SSSR count). The van der Waals surface area contributed by atoms with Gasteiger partial charge in [0.15, 0.2) is 5.82 Å². The maximum absolute atomic E-state index is 13.3. The number of carbonyl (C=O) groups excluding carboxylic acids is 1. The quantitative estimate of drug-likeness (QED) is 0.415. The molecule has 1 aliphatic rings. The number of benzene rings is 1. The Labute approximate surface area is 196 Å². The first kappa shape index (κ1) is 20.1. The predicted molar refractivity (Wildman–Crippen MR) is 123 cm³/mol. The van der Waals surface area contributed by atoms with Gasteiger partial charge in [0.05, 0.1) is 35.5 Å². The zero-order chi connectivity index (χ0) is 23.2. The third-order valence-corrected chi connectivity index (χ3v) is 6.53. The Balaban J connectivity index is 1.36. The van der Waals surface area contributed by atoms with Crippen LogP contribution in [0.2, 0.25) is 0 Å². The molecule has 0 aliphatic heterocycles. The largest absolute Gasteiger partial charge is 0.320 e. The second-order valence-corrected chi connectivity index (χ2v) is 8.69. The van der Waals surface area contributed by atoms with Crippen LogP contribution in [0.25, 0.3) is 28.1 Å². The lowest BCUT2D eigenvalue weighted by atomic mass is 10.0. The van der Waals surface area contributed by atoms with E-state index in [2.05, 4.69) is 41.3 Å². The Bertz CT molecular complexity index is 1590. The Morgan fingerprint density at radius 3 is 2.85 bits per heavy atom. The van der Waals surface area contributed by atoms with E-state index in [1.807, 2.05) is 25.2 Å². The van der Waals surface area contributed by atoms with Crippen LogP contribution in [0.1, 0.15) is 39.6 Å². The number of nitrogens with one attached hydrogen (secondary N) is 1. The van der Waals surface area contributed by atoms with Crippen molar-refractivity contribution in [3.8, 4) is 23.1 Å². The van der Waals surface area contributed by atoms with Gasteiger partial charge in [0.2, 0.25) is 0 Å². The molecule has 0 bridgehead atoms. The summed E-state index contributed by atoms with van der Waals surface area (Å²) in [6, 6.07) is 9.51. The number of nitriles is 1. The summed E-state index contributed by atoms with van der Waals surface area (Å²) >= 11 is 1.17. The van der Waals surface area contributed by atoms with Gasteiger partial charge in [-0.05, 0) is 42.4 Å². The van der Waals surface area contributed by atoms with E-state index in [0.717, 1.165) is 40.7 Å². The fourth-order valence-corrected chi connectivity index (χ4v) is 4.81. The van der Waals surface area contributed by atoms with Crippen molar-refractivity contribution in [1.29, 1.82) is 5.26 Å². The van der Waals surface area contributed by atoms with Gasteiger partial charge < -0.3 is 5.32 Å². The van der Waals surface area contributed by atoms with Crippen molar-refractivity contribution in [2.24, 2.45) is 7.05 Å². The molecule has 11 nitrogen and oxygen atoms in total. The Morgan fingerprint density at radius 2 is 2.09 bits per heavy atom. The van der Waals surface area contributed by atoms with Crippen LogP contribution < -0.4 is 5.32 Å². The summed E-state index contributed by atoms with van der Waals surface area (Å²) < 4.78 is 6.39. The first-order chi connectivity index (χ1) is 16.6. The van der Waals surface area contributed by atoms with Crippen LogP contribution in [0, 0.1) is 11.3 Å². The van der Waals surface area contributed by atoms with E-state index in [1.165, 1.54) is 34.9 Å². The Morgan fingerprint density at radius 1 is 1.26 bits per heavy atom. The number of rotatable bonds is 5. The summed E-state index contributed by atoms with van der Waals surface area (Å²) in [5.41, 5.74) is 4.90. The summed E-state index contributed by atoms with van der Waals surface area (Å²) in [5, 5.41) is 28.9. The summed E-state index contributed by atoms with van der Waals surface area (Å²) in [5.74, 6) is 0.288. The first-order valence-electron chi connectivity index (χ1n) is 10.5. The van der Waals surface area contributed by atoms with E-state index < -0.39 is 0 Å². The van der Waals surface area contributed by atoms with E-state index in [1.54, 1.807) is 10.7 Å². The molecular weight excluding hydrogens is 452 g/mol. The van der Waals surface area contributed by atoms with Crippen LogP contribution in [0.15, 0.2) is 42.9 Å². The van der Waals surface area contributed by atoms with Gasteiger partial charge in [0, 0.05) is 18.2 Å². The molecule has 166 valence electrons. The van der Waals surface area contributed by atoms with Crippen LogP contribution >= 0.6 is 11.5 Å². The van der Waals surface area contributed by atoms with Gasteiger partial charge in [-0.25, -0.2) is 9.67 Å². The van der Waals surface area contributed by atoms with E-state index in [9.17, 15) is 10.1 Å². The third kappa shape index (κ3) is 3.30. The first-order valence-corrected chi connectivity index (χ1v) is 11.3. The number of anilines is 1. The molecule has 1 aromatic carbocycles. The maximum atomic E-state index is 13.3. The van der Waals surface area contributed by atoms with Gasteiger partial charge in [-0.2, -0.15) is 19.8 Å². The number of nitrogens with zero attached hydrogens (tertiary/aromatic N) is 9. The van der Waals surface area contributed by atoms with Crippen molar-refractivity contribution in [3.05, 3.63) is 58.9 Å². The summed E-state index contributed by atoms with van der Waals surface area (Å²) in [7, 11) is 1.85. The highest BCUT2D eigenvalue weighted by molar-refractivity contribution is 7.08. The minimum atomic E-state index is -0.285. The number of aromatic nitrogens is 8. The molecule has 0 atom stereocenters. The number of pyridine rings is 1. The van der Waals surface area contributed by atoms with Crippen molar-refractivity contribution >= 4 is 34.2 Å². The highest BCUT2D eigenvalue weighted by atomic mass is 32.1. The molecule has 1 aliphatic carbocycles. The zero-order valence-electron chi connectivity index (χ0n) is 17.9. The minimum absolute atomic E-state index is 0.246. The number of fused-ring (bicyclic) bond motifs is 1. The molecular formula is C22H16N10OS. The Kier molecular flexibility index (Phi) is 4.63. The molecule has 0 unspecified atom stereocenters. The lowest BCUT2D eigenvalue weighted by Crippen LogP contribution is -2.13. The van der Waals surface area contributed by atoms with Crippen LogP contribution in [0.3, 0.4) is 0 Å². The van der Waals surface area contributed by atoms with Gasteiger partial charge in [-0.1, -0.05) is 17.3 Å². The van der Waals surface area contributed by atoms with Gasteiger partial charge in [0.25, 0.3) is 5.91 Å². The SMILES string of the molecule is Cn1nnc2c(-c3nsc(C(=O)Nc4cnc(-n5nccn5)c(C#N)c4)c3C3CC3)cccc21. The third-order valence-electron chi connectivity index (χ3n) is 5.67. The van der Waals surface area contributed by atoms with Gasteiger partial charge >= 0.3 is 0 Å². The second-order valence-electron chi connectivity index (χ2n) is 7.91. The lowest BCUT2D eigenvalue weighted by Gasteiger charge is -2.08. The number of hydrogen-bond acceptors (Lipinski definition) is 9. The van der Waals surface area contributed by atoms with Crippen LogP contribution in [0.4, 0.5) is 5.69 Å². The monoisotopic (exact) mass is 468 g/mol. The standard InChI is InChI=1S/C22H16N10OS/c1-31-16-4-2-3-15(18(16)28-30-31)19-17(12-5-6-12)20(34-29-19)22(33)27-14-9-13(10-23)21(24-11-14)32-25-7-8-26-32/h2-4,7-9,11-12H,5-6H2,1H3,(H,27,33). The molecule has 0 saturated heterocycles. The smallest absolute Gasteiger partial charge is 0.267 e. The van der Waals surface area contributed by atoms with E-state index in [4.69, 9.17) is 0 Å². The molecule has 34 heavy (non-hydrogen) atoms. The molecule has 0 spiro atoms. The molecule has 5 aromatic rings. The van der Waals surface area contributed by atoms with E-state index >= 15 is 0 Å². The van der Waals surface area contributed by atoms with Crippen molar-refractivity contribution in [2.75, 3.05) is 5.32 Å². The molecule has 1 N–H and O–H groups in total. The number of carbonyl (C=O) groups is 1. The molecule has 1 amide bonds. The van der Waals surface area contributed by atoms with Crippen molar-refractivity contribution in [1.82, 2.24) is 39.3 Å². The summed E-state index contributed by atoms with van der Waals surface area (Å²) in [6.07, 6.45) is 6.50. The van der Waals surface area contributed by atoms with Gasteiger partial charge in [0.1, 0.15) is 22.0 Å². The zero-order valence-corrected chi connectivity index (χ0v) is 18.7. The molecule has 12 heteroatoms. The molecule has 0 radical (unpaired) electrons. The summed E-state index contributed by atoms with van der Waals surface area (Å²) in [6.45, 7) is 0. The van der Waals surface area contributed by atoms with Crippen LogP contribution in [0.5, 0.6) is 0 Å².